The number of nitrogens with zero attached hydrogens (tertiary/aromatic N) is 1. The van der Waals surface area contributed by atoms with E-state index in [4.69, 9.17) is 4.74 Å². The highest BCUT2D eigenvalue weighted by Gasteiger charge is 2.17. The lowest BCUT2D eigenvalue weighted by molar-refractivity contribution is 0.132. The van der Waals surface area contributed by atoms with E-state index >= 15 is 0 Å². The molecule has 0 spiro atoms. The van der Waals surface area contributed by atoms with E-state index in [1.165, 1.54) is 13.5 Å². The van der Waals surface area contributed by atoms with E-state index < -0.39 is 0 Å². The van der Waals surface area contributed by atoms with Crippen LogP contribution in [0.2, 0.25) is 0 Å². The second-order valence-corrected chi connectivity index (χ2v) is 3.45. The molecular weight excluding hydrogens is 196 g/mol. The van der Waals surface area contributed by atoms with Crippen LogP contribution in [-0.2, 0) is 25.0 Å². The number of nitrogens with one attached hydrogen (secondary N) is 1. The van der Waals surface area contributed by atoms with Gasteiger partial charge in [0.15, 0.2) is 0 Å². The van der Waals surface area contributed by atoms with Crippen molar-refractivity contribution in [3.05, 3.63) is 32.1 Å². The highest BCUT2D eigenvalue weighted by atomic mass is 16.5. The van der Waals surface area contributed by atoms with Crippen molar-refractivity contribution in [2.45, 2.75) is 33.5 Å². The summed E-state index contributed by atoms with van der Waals surface area (Å²) >= 11 is 0. The van der Waals surface area contributed by atoms with Crippen LogP contribution in [0.15, 0.2) is 9.59 Å². The van der Waals surface area contributed by atoms with Crippen LogP contribution >= 0.6 is 0 Å². The topological polar surface area (TPSA) is 64.1 Å². The van der Waals surface area contributed by atoms with Crippen molar-refractivity contribution in [2.24, 2.45) is 7.05 Å². The molecule has 0 aliphatic carbocycles. The van der Waals surface area contributed by atoms with Crippen LogP contribution in [0.25, 0.3) is 0 Å². The van der Waals surface area contributed by atoms with Gasteiger partial charge in [-0.2, -0.15) is 0 Å². The molecule has 15 heavy (non-hydrogen) atoms. The minimum Gasteiger partial charge on any atom is -0.370 e. The number of fused-ring (bicyclic) bond motifs is 1. The van der Waals surface area contributed by atoms with Crippen LogP contribution in [0.3, 0.4) is 0 Å². The first-order valence-electron chi connectivity index (χ1n) is 5.00. The van der Waals surface area contributed by atoms with Crippen molar-refractivity contribution in [3.8, 4) is 0 Å². The number of hydrogen-bond donors (Lipinski definition) is 1. The fraction of sp³-hybridized carbons (Fsp3) is 0.600. The van der Waals surface area contributed by atoms with Gasteiger partial charge in [-0.25, -0.2) is 4.79 Å². The zero-order valence-corrected chi connectivity index (χ0v) is 9.29. The molecule has 0 bridgehead atoms. The first kappa shape index (κ1) is 11.7. The molecule has 0 saturated heterocycles. The lowest BCUT2D eigenvalue weighted by Crippen LogP contribution is -2.35. The summed E-state index contributed by atoms with van der Waals surface area (Å²) in [6.07, 6.45) is 1.25. The number of ether oxygens (including phenoxy) is 1. The third-order valence-electron chi connectivity index (χ3n) is 1.98. The van der Waals surface area contributed by atoms with Crippen LogP contribution in [0.5, 0.6) is 0 Å². The maximum absolute atomic E-state index is 11.3. The molecule has 0 unspecified atom stereocenters. The van der Waals surface area contributed by atoms with E-state index in [9.17, 15) is 9.59 Å². The molecular formula is C10H18N2O3. The molecule has 0 radical (unpaired) electrons. The Kier molecular flexibility index (Phi) is 3.85. The Bertz CT molecular complexity index is 450. The molecule has 0 atom stereocenters. The van der Waals surface area contributed by atoms with Crippen molar-refractivity contribution >= 4 is 0 Å². The van der Waals surface area contributed by atoms with Crippen molar-refractivity contribution in [1.29, 1.82) is 0 Å². The van der Waals surface area contributed by atoms with Gasteiger partial charge in [0.25, 0.3) is 5.56 Å². The Morgan fingerprint density at radius 1 is 1.40 bits per heavy atom. The first-order valence-corrected chi connectivity index (χ1v) is 5.00. The van der Waals surface area contributed by atoms with Crippen molar-refractivity contribution in [1.82, 2.24) is 9.55 Å². The average molecular weight is 214 g/mol. The lowest BCUT2D eigenvalue weighted by atomic mass is 10.3. The zero-order chi connectivity index (χ0) is 11.4. The fourth-order valence-electron chi connectivity index (χ4n) is 1.24. The predicted molar refractivity (Wildman–Crippen MR) is 58.9 cm³/mol. The highest BCUT2D eigenvalue weighted by Crippen LogP contribution is 2.10. The maximum atomic E-state index is 11.3. The van der Waals surface area contributed by atoms with Gasteiger partial charge in [0.05, 0.1) is 24.5 Å². The summed E-state index contributed by atoms with van der Waals surface area (Å²) in [5, 5.41) is 0. The van der Waals surface area contributed by atoms with Gasteiger partial charge in [-0.1, -0.05) is 20.3 Å². The van der Waals surface area contributed by atoms with Crippen molar-refractivity contribution < 1.29 is 6.16 Å². The van der Waals surface area contributed by atoms with Gasteiger partial charge < -0.3 is 9.72 Å². The lowest BCUT2D eigenvalue weighted by Gasteiger charge is -1.98. The summed E-state index contributed by atoms with van der Waals surface area (Å²) in [6.45, 7) is 4.89. The van der Waals surface area contributed by atoms with E-state index in [1.54, 1.807) is 0 Å². The molecule has 86 valence electrons. The van der Waals surface area contributed by atoms with E-state index in [0.29, 0.717) is 24.5 Å². The van der Waals surface area contributed by atoms with Crippen molar-refractivity contribution in [2.75, 3.05) is 0 Å². The summed E-state index contributed by atoms with van der Waals surface area (Å²) in [5.74, 6) is 0. The average Bonchev–Trinajstić information content (AvgIpc) is 2.63. The predicted octanol–water partition coefficient (Wildman–Crippen LogP) is 0.766. The third-order valence-corrected chi connectivity index (χ3v) is 1.98. The number of aromatic amines is 1. The number of H-pyrrole nitrogens is 1. The Morgan fingerprint density at radius 3 is 2.60 bits per heavy atom. The molecule has 0 amide bonds. The Morgan fingerprint density at radius 2 is 2.00 bits per heavy atom. The summed E-state index contributed by atoms with van der Waals surface area (Å²) < 4.78 is 6.07. The monoisotopic (exact) mass is 214 g/mol. The largest absolute Gasteiger partial charge is 0.370 e. The van der Waals surface area contributed by atoms with E-state index in [-0.39, 0.29) is 12.7 Å². The van der Waals surface area contributed by atoms with E-state index in [0.717, 1.165) is 4.57 Å². The minimum absolute atomic E-state index is 0. The quantitative estimate of drug-likeness (QED) is 0.693. The molecule has 5 nitrogen and oxygen atoms in total. The zero-order valence-electron chi connectivity index (χ0n) is 9.29. The summed E-state index contributed by atoms with van der Waals surface area (Å²) in [6, 6.07) is 0. The van der Waals surface area contributed by atoms with Gasteiger partial charge in [0.2, 0.25) is 0 Å². The normalized spacial score (nSPS) is 13.0. The third kappa shape index (κ3) is 2.36. The molecule has 2 rings (SSSR count). The van der Waals surface area contributed by atoms with Gasteiger partial charge in [-0.15, -0.1) is 0 Å². The molecule has 1 aliphatic rings. The maximum Gasteiger partial charge on any atom is 0.328 e. The Hall–Kier alpha value is -1.36. The molecule has 1 N–H and O–H groups in total. The molecule has 2 heterocycles. The standard InChI is InChI=1S/C7H8N2O3.C3H8.H2/c1-9-6(10)4-2-12-3-5(4)8-7(9)11;1-3-2;/h2-3H2,1H3,(H,8,11);3H2,1-2H3;1H. The molecule has 1 aromatic heterocycles. The molecule has 0 aromatic carbocycles. The van der Waals surface area contributed by atoms with Crippen molar-refractivity contribution in [3.63, 3.8) is 0 Å². The van der Waals surface area contributed by atoms with Gasteiger partial charge in [0.1, 0.15) is 0 Å². The van der Waals surface area contributed by atoms with Crippen LogP contribution in [0.1, 0.15) is 33.0 Å². The van der Waals surface area contributed by atoms with Gasteiger partial charge in [-0.05, 0) is 0 Å². The summed E-state index contributed by atoms with van der Waals surface area (Å²) in [5.41, 5.74) is 0.538. The fourth-order valence-corrected chi connectivity index (χ4v) is 1.24. The number of aromatic nitrogens is 2. The first-order chi connectivity index (χ1) is 7.11. The Balaban J connectivity index is 0.000000511. The molecule has 5 heteroatoms. The summed E-state index contributed by atoms with van der Waals surface area (Å²) in [7, 11) is 1.44. The number of rotatable bonds is 0. The van der Waals surface area contributed by atoms with E-state index in [1.807, 2.05) is 0 Å². The van der Waals surface area contributed by atoms with Crippen LogP contribution in [-0.4, -0.2) is 9.55 Å². The second kappa shape index (κ2) is 4.93. The SMILES string of the molecule is CCC.Cn1c(=O)[nH]c2c(c1=O)COC2.[HH]. The van der Waals surface area contributed by atoms with Crippen LogP contribution in [0.4, 0.5) is 0 Å². The van der Waals surface area contributed by atoms with Crippen LogP contribution < -0.4 is 11.2 Å². The van der Waals surface area contributed by atoms with Gasteiger partial charge >= 0.3 is 5.69 Å². The van der Waals surface area contributed by atoms with Gasteiger partial charge in [-0.3, -0.25) is 9.36 Å². The molecule has 1 aromatic rings. The molecule has 0 fully saturated rings. The molecule has 1 aliphatic heterocycles. The van der Waals surface area contributed by atoms with E-state index in [2.05, 4.69) is 18.8 Å². The number of hydrogen-bond acceptors (Lipinski definition) is 3. The summed E-state index contributed by atoms with van der Waals surface area (Å²) in [4.78, 5) is 25.0. The highest BCUT2D eigenvalue weighted by molar-refractivity contribution is 5.17. The van der Waals surface area contributed by atoms with Crippen LogP contribution in [0, 0.1) is 0 Å². The minimum atomic E-state index is -0.385. The van der Waals surface area contributed by atoms with Gasteiger partial charge in [0, 0.05) is 8.47 Å². The molecule has 0 saturated carbocycles. The smallest absolute Gasteiger partial charge is 0.328 e. The second-order valence-electron chi connectivity index (χ2n) is 3.45. The Labute approximate surface area is 89.2 Å².